The van der Waals surface area contributed by atoms with Crippen LogP contribution in [0.4, 0.5) is 5.69 Å². The van der Waals surface area contributed by atoms with Gasteiger partial charge in [-0.2, -0.15) is 0 Å². The number of benzene rings is 2. The van der Waals surface area contributed by atoms with E-state index in [1.165, 1.54) is 19.2 Å². The number of carbonyl (C=O) groups is 2. The summed E-state index contributed by atoms with van der Waals surface area (Å²) in [6, 6.07) is 15.8. The van der Waals surface area contributed by atoms with Crippen LogP contribution in [0.2, 0.25) is 0 Å². The van der Waals surface area contributed by atoms with E-state index in [2.05, 4.69) is 0 Å². The van der Waals surface area contributed by atoms with E-state index in [0.29, 0.717) is 17.0 Å². The van der Waals surface area contributed by atoms with E-state index < -0.39 is 34.1 Å². The first-order valence-electron chi connectivity index (χ1n) is 11.2. The summed E-state index contributed by atoms with van der Waals surface area (Å²) in [5, 5.41) is 11.5. The second-order valence-electron chi connectivity index (χ2n) is 8.51. The summed E-state index contributed by atoms with van der Waals surface area (Å²) < 4.78 is 10.5. The third-order valence-electron chi connectivity index (χ3n) is 6.56. The quantitative estimate of drug-likeness (QED) is 0.341. The average Bonchev–Trinajstić information content (AvgIpc) is 3.65. The molecule has 0 saturated heterocycles. The Morgan fingerprint density at radius 3 is 2.44 bits per heavy atom. The molecule has 4 rings (SSSR count). The van der Waals surface area contributed by atoms with Gasteiger partial charge >= 0.3 is 11.9 Å². The Balaban J connectivity index is 2.00. The van der Waals surface area contributed by atoms with Crippen molar-refractivity contribution in [1.29, 1.82) is 0 Å². The molecule has 0 bridgehead atoms. The highest BCUT2D eigenvalue weighted by Gasteiger charge is 2.54. The number of rotatable bonds is 7. The van der Waals surface area contributed by atoms with Crippen LogP contribution in [0.15, 0.2) is 70.9 Å². The van der Waals surface area contributed by atoms with Crippen LogP contribution in [-0.4, -0.2) is 36.3 Å². The van der Waals surface area contributed by atoms with Crippen molar-refractivity contribution in [2.24, 2.45) is 10.9 Å². The third-order valence-corrected chi connectivity index (χ3v) is 6.56. The normalized spacial score (nSPS) is 20.9. The third kappa shape index (κ3) is 4.00. The molecule has 2 aliphatic rings. The standard InChI is InChI=1S/C26H26N2O6/c1-4-34-25(30)22-21(17-9-8-12-19(15-17)28(31)32)20(24(29)33-3)16(2)27-23(22)26(13-14-26)18-10-6-5-7-11-18/h5-12,15,20-21H,4,13-14H2,1-3H3. The average molecular weight is 463 g/mol. The molecular weight excluding hydrogens is 436 g/mol. The highest BCUT2D eigenvalue weighted by Crippen LogP contribution is 2.58. The van der Waals surface area contributed by atoms with Gasteiger partial charge in [0.1, 0.15) is 5.92 Å². The lowest BCUT2D eigenvalue weighted by molar-refractivity contribution is -0.384. The van der Waals surface area contributed by atoms with Crippen LogP contribution in [0.1, 0.15) is 43.7 Å². The minimum absolute atomic E-state index is 0.129. The molecule has 34 heavy (non-hydrogen) atoms. The van der Waals surface area contributed by atoms with Gasteiger partial charge in [0.05, 0.1) is 29.9 Å². The van der Waals surface area contributed by atoms with E-state index in [0.717, 1.165) is 18.4 Å². The Kier molecular flexibility index (Phi) is 6.32. The summed E-state index contributed by atoms with van der Waals surface area (Å²) in [5.74, 6) is -2.90. The predicted molar refractivity (Wildman–Crippen MR) is 125 cm³/mol. The van der Waals surface area contributed by atoms with E-state index in [9.17, 15) is 19.7 Å². The summed E-state index contributed by atoms with van der Waals surface area (Å²) in [6.07, 6.45) is 1.58. The van der Waals surface area contributed by atoms with Gasteiger partial charge in [-0.05, 0) is 37.8 Å². The number of carbonyl (C=O) groups excluding carboxylic acids is 2. The summed E-state index contributed by atoms with van der Waals surface area (Å²) in [7, 11) is 1.27. The van der Waals surface area contributed by atoms with E-state index in [1.54, 1.807) is 26.0 Å². The van der Waals surface area contributed by atoms with Gasteiger partial charge in [0.25, 0.3) is 5.69 Å². The fraction of sp³-hybridized carbons (Fsp3) is 0.346. The van der Waals surface area contributed by atoms with E-state index >= 15 is 0 Å². The van der Waals surface area contributed by atoms with Crippen LogP contribution in [0.3, 0.4) is 0 Å². The fourth-order valence-corrected chi connectivity index (χ4v) is 4.83. The number of allylic oxidation sites excluding steroid dienone is 1. The Hall–Kier alpha value is -3.81. The smallest absolute Gasteiger partial charge is 0.336 e. The minimum atomic E-state index is -0.915. The van der Waals surface area contributed by atoms with Crippen LogP contribution in [0.5, 0.6) is 0 Å². The molecule has 0 amide bonds. The topological polar surface area (TPSA) is 108 Å². The summed E-state index contributed by atoms with van der Waals surface area (Å²) in [4.78, 5) is 42.2. The van der Waals surface area contributed by atoms with Crippen LogP contribution in [0.25, 0.3) is 0 Å². The van der Waals surface area contributed by atoms with Crippen LogP contribution >= 0.6 is 0 Å². The molecule has 0 radical (unpaired) electrons. The number of nitro groups is 1. The van der Waals surface area contributed by atoms with Gasteiger partial charge in [0.2, 0.25) is 0 Å². The molecule has 1 aliphatic heterocycles. The second kappa shape index (κ2) is 9.21. The van der Waals surface area contributed by atoms with Crippen molar-refractivity contribution in [3.63, 3.8) is 0 Å². The minimum Gasteiger partial charge on any atom is -0.468 e. The number of methoxy groups -OCH3 is 1. The van der Waals surface area contributed by atoms with Crippen molar-refractivity contribution in [2.45, 2.75) is 38.0 Å². The molecule has 0 N–H and O–H groups in total. The van der Waals surface area contributed by atoms with Crippen LogP contribution in [-0.2, 0) is 24.5 Å². The van der Waals surface area contributed by atoms with E-state index in [1.807, 2.05) is 30.3 Å². The van der Waals surface area contributed by atoms with E-state index in [-0.39, 0.29) is 17.9 Å². The number of ether oxygens (including phenoxy) is 2. The molecule has 2 unspecified atom stereocenters. The predicted octanol–water partition coefficient (Wildman–Crippen LogP) is 4.49. The largest absolute Gasteiger partial charge is 0.468 e. The highest BCUT2D eigenvalue weighted by atomic mass is 16.6. The number of nitrogens with zero attached hydrogens (tertiary/aromatic N) is 2. The number of esters is 2. The zero-order valence-corrected chi connectivity index (χ0v) is 19.3. The van der Waals surface area contributed by atoms with Crippen molar-refractivity contribution in [1.82, 2.24) is 0 Å². The first-order chi connectivity index (χ1) is 16.3. The monoisotopic (exact) mass is 462 g/mol. The number of hydrogen-bond acceptors (Lipinski definition) is 7. The lowest BCUT2D eigenvalue weighted by Crippen LogP contribution is -2.38. The molecule has 1 aliphatic carbocycles. The van der Waals surface area contributed by atoms with Gasteiger partial charge < -0.3 is 9.47 Å². The molecule has 8 nitrogen and oxygen atoms in total. The molecule has 1 saturated carbocycles. The molecular formula is C26H26N2O6. The molecule has 0 spiro atoms. The van der Waals surface area contributed by atoms with Crippen LogP contribution in [0, 0.1) is 16.0 Å². The first-order valence-corrected chi connectivity index (χ1v) is 11.2. The lowest BCUT2D eigenvalue weighted by Gasteiger charge is -2.34. The van der Waals surface area contributed by atoms with Gasteiger partial charge in [-0.25, -0.2) is 4.79 Å². The van der Waals surface area contributed by atoms with Crippen molar-refractivity contribution in [3.8, 4) is 0 Å². The van der Waals surface area contributed by atoms with Crippen molar-refractivity contribution >= 4 is 23.3 Å². The zero-order chi connectivity index (χ0) is 24.5. The molecule has 1 heterocycles. The molecule has 176 valence electrons. The maximum atomic E-state index is 13.4. The Morgan fingerprint density at radius 2 is 1.85 bits per heavy atom. The Morgan fingerprint density at radius 1 is 1.15 bits per heavy atom. The Labute approximate surface area is 197 Å². The molecule has 8 heteroatoms. The van der Waals surface area contributed by atoms with Crippen molar-refractivity contribution in [3.05, 3.63) is 87.1 Å². The summed E-state index contributed by atoms with van der Waals surface area (Å²) in [5.41, 5.74) is 2.19. The summed E-state index contributed by atoms with van der Waals surface area (Å²) >= 11 is 0. The van der Waals surface area contributed by atoms with Gasteiger partial charge in [-0.15, -0.1) is 0 Å². The number of hydrogen-bond donors (Lipinski definition) is 0. The molecule has 2 aromatic carbocycles. The van der Waals surface area contributed by atoms with Crippen molar-refractivity contribution in [2.75, 3.05) is 13.7 Å². The molecule has 0 aromatic heterocycles. The fourth-order valence-electron chi connectivity index (χ4n) is 4.83. The maximum absolute atomic E-state index is 13.4. The lowest BCUT2D eigenvalue weighted by atomic mass is 9.72. The zero-order valence-electron chi connectivity index (χ0n) is 19.3. The molecule has 2 atom stereocenters. The van der Waals surface area contributed by atoms with E-state index in [4.69, 9.17) is 14.5 Å². The highest BCUT2D eigenvalue weighted by molar-refractivity contribution is 6.07. The second-order valence-corrected chi connectivity index (χ2v) is 8.51. The maximum Gasteiger partial charge on any atom is 0.336 e. The number of aliphatic imine (C=N–C) groups is 1. The van der Waals surface area contributed by atoms with Gasteiger partial charge in [-0.3, -0.25) is 19.9 Å². The SMILES string of the molecule is CCOC(=O)C1=C(C2(c3ccccc3)CC2)N=C(C)C(C(=O)OC)C1c1cccc([N+](=O)[O-])c1. The van der Waals surface area contributed by atoms with Gasteiger partial charge in [0, 0.05) is 29.2 Å². The van der Waals surface area contributed by atoms with Gasteiger partial charge in [-0.1, -0.05) is 42.5 Å². The first kappa shape index (κ1) is 23.4. The summed E-state index contributed by atoms with van der Waals surface area (Å²) in [6.45, 7) is 3.58. The molecule has 2 aromatic rings. The number of non-ortho nitro benzene ring substituents is 1. The van der Waals surface area contributed by atoms with Gasteiger partial charge in [0.15, 0.2) is 0 Å². The number of nitro benzene ring substituents is 1. The Bertz CT molecular complexity index is 1200. The van der Waals surface area contributed by atoms with Crippen molar-refractivity contribution < 1.29 is 24.0 Å². The van der Waals surface area contributed by atoms with Crippen LogP contribution < -0.4 is 0 Å². The molecule has 1 fully saturated rings.